The molecule has 1 heterocycles. The van der Waals surface area contributed by atoms with Crippen molar-refractivity contribution in [2.45, 2.75) is 6.92 Å². The fourth-order valence-electron chi connectivity index (χ4n) is 1.43. The third-order valence-corrected chi connectivity index (χ3v) is 2.79. The predicted octanol–water partition coefficient (Wildman–Crippen LogP) is 2.95. The van der Waals surface area contributed by atoms with Crippen molar-refractivity contribution in [3.8, 4) is 5.69 Å². The molecular formula is C12H10BrFN2O2. The first kappa shape index (κ1) is 12.8. The Balaban J connectivity index is 2.34. The molecule has 1 aromatic heterocycles. The van der Waals surface area contributed by atoms with E-state index in [1.807, 2.05) is 0 Å². The minimum Gasteiger partial charge on any atom is -0.461 e. The summed E-state index contributed by atoms with van der Waals surface area (Å²) in [6.45, 7) is 2.02. The molecule has 0 unspecified atom stereocenters. The van der Waals surface area contributed by atoms with Gasteiger partial charge in [-0.1, -0.05) is 0 Å². The maximum absolute atomic E-state index is 12.8. The van der Waals surface area contributed by atoms with E-state index in [-0.39, 0.29) is 11.5 Å². The molecule has 1 aromatic carbocycles. The van der Waals surface area contributed by atoms with E-state index in [1.165, 1.54) is 16.8 Å². The van der Waals surface area contributed by atoms with Crippen molar-refractivity contribution < 1.29 is 13.9 Å². The van der Waals surface area contributed by atoms with Crippen molar-refractivity contribution >= 4 is 21.9 Å². The monoisotopic (exact) mass is 312 g/mol. The van der Waals surface area contributed by atoms with Crippen molar-refractivity contribution in [1.29, 1.82) is 0 Å². The third-order valence-electron chi connectivity index (χ3n) is 2.22. The van der Waals surface area contributed by atoms with Crippen LogP contribution in [0.1, 0.15) is 17.4 Å². The molecule has 0 N–H and O–H groups in total. The van der Waals surface area contributed by atoms with Gasteiger partial charge in [-0.05, 0) is 47.1 Å². The molecule has 0 aliphatic rings. The number of carbonyl (C=O) groups excluding carboxylic acids is 1. The van der Waals surface area contributed by atoms with Crippen LogP contribution in [0.2, 0.25) is 0 Å². The smallest absolute Gasteiger partial charge is 0.358 e. The summed E-state index contributed by atoms with van der Waals surface area (Å²) in [6.07, 6.45) is 0. The van der Waals surface area contributed by atoms with Crippen molar-refractivity contribution in [1.82, 2.24) is 9.78 Å². The van der Waals surface area contributed by atoms with Crippen LogP contribution < -0.4 is 0 Å². The number of halogens is 2. The summed E-state index contributed by atoms with van der Waals surface area (Å²) in [5.74, 6) is -0.813. The van der Waals surface area contributed by atoms with Gasteiger partial charge in [-0.25, -0.2) is 13.9 Å². The van der Waals surface area contributed by atoms with Crippen molar-refractivity contribution in [3.05, 3.63) is 46.4 Å². The van der Waals surface area contributed by atoms with Crippen LogP contribution in [0.25, 0.3) is 5.69 Å². The summed E-state index contributed by atoms with van der Waals surface area (Å²) in [4.78, 5) is 11.5. The van der Waals surface area contributed by atoms with Gasteiger partial charge in [0.05, 0.1) is 12.3 Å². The van der Waals surface area contributed by atoms with Gasteiger partial charge in [0, 0.05) is 6.07 Å². The van der Waals surface area contributed by atoms with Gasteiger partial charge in [0.1, 0.15) is 10.4 Å². The molecule has 0 spiro atoms. The van der Waals surface area contributed by atoms with Crippen LogP contribution in [0.5, 0.6) is 0 Å². The van der Waals surface area contributed by atoms with E-state index in [9.17, 15) is 9.18 Å². The lowest BCUT2D eigenvalue weighted by Crippen LogP contribution is -2.06. The molecule has 0 radical (unpaired) electrons. The van der Waals surface area contributed by atoms with Gasteiger partial charge in [0.25, 0.3) is 0 Å². The number of benzene rings is 1. The molecule has 0 amide bonds. The number of carbonyl (C=O) groups is 1. The highest BCUT2D eigenvalue weighted by atomic mass is 79.9. The first-order chi connectivity index (χ1) is 8.61. The zero-order valence-electron chi connectivity index (χ0n) is 9.56. The number of hydrogen-bond acceptors (Lipinski definition) is 3. The van der Waals surface area contributed by atoms with E-state index in [4.69, 9.17) is 4.74 Å². The van der Waals surface area contributed by atoms with Crippen LogP contribution in [0.3, 0.4) is 0 Å². The molecular weight excluding hydrogens is 303 g/mol. The molecule has 0 fully saturated rings. The number of ether oxygens (including phenoxy) is 1. The standard InChI is InChI=1S/C12H10BrFN2O2/c1-2-18-12(17)10-7-11(13)16(15-10)9-5-3-8(14)4-6-9/h3-7H,2H2,1H3. The molecule has 0 bridgehead atoms. The summed E-state index contributed by atoms with van der Waals surface area (Å²) >= 11 is 3.29. The average molecular weight is 313 g/mol. The highest BCUT2D eigenvalue weighted by Crippen LogP contribution is 2.18. The molecule has 2 rings (SSSR count). The summed E-state index contributed by atoms with van der Waals surface area (Å²) in [5, 5.41) is 4.10. The minimum atomic E-state index is -0.487. The van der Waals surface area contributed by atoms with Gasteiger partial charge in [-0.15, -0.1) is 0 Å². The Bertz CT molecular complexity index is 566. The first-order valence-electron chi connectivity index (χ1n) is 5.30. The second-order valence-electron chi connectivity index (χ2n) is 3.46. The second kappa shape index (κ2) is 5.30. The predicted molar refractivity (Wildman–Crippen MR) is 67.2 cm³/mol. The minimum absolute atomic E-state index is 0.202. The van der Waals surface area contributed by atoms with Gasteiger partial charge in [-0.3, -0.25) is 0 Å². The number of aromatic nitrogens is 2. The third kappa shape index (κ3) is 2.59. The maximum atomic E-state index is 12.8. The van der Waals surface area contributed by atoms with Crippen molar-refractivity contribution in [2.75, 3.05) is 6.61 Å². The lowest BCUT2D eigenvalue weighted by Gasteiger charge is -2.02. The van der Waals surface area contributed by atoms with Crippen LogP contribution in [0, 0.1) is 5.82 Å². The Morgan fingerprint density at radius 1 is 1.44 bits per heavy atom. The normalized spacial score (nSPS) is 10.4. The Kier molecular flexibility index (Phi) is 3.76. The Morgan fingerprint density at radius 3 is 2.72 bits per heavy atom. The lowest BCUT2D eigenvalue weighted by molar-refractivity contribution is 0.0519. The van der Waals surface area contributed by atoms with E-state index < -0.39 is 5.97 Å². The summed E-state index contributed by atoms with van der Waals surface area (Å²) < 4.78 is 19.8. The lowest BCUT2D eigenvalue weighted by atomic mass is 10.3. The molecule has 6 heteroatoms. The van der Waals surface area contributed by atoms with Crippen molar-refractivity contribution in [3.63, 3.8) is 0 Å². The molecule has 0 aliphatic heterocycles. The van der Waals surface area contributed by atoms with Gasteiger partial charge in [-0.2, -0.15) is 5.10 Å². The molecule has 0 saturated heterocycles. The van der Waals surface area contributed by atoms with Crippen molar-refractivity contribution in [2.24, 2.45) is 0 Å². The molecule has 0 aliphatic carbocycles. The summed E-state index contributed by atoms with van der Waals surface area (Å²) in [5.41, 5.74) is 0.854. The van der Waals surface area contributed by atoms with Gasteiger partial charge >= 0.3 is 5.97 Å². The topological polar surface area (TPSA) is 44.1 Å². The molecule has 2 aromatic rings. The van der Waals surface area contributed by atoms with Crippen LogP contribution in [-0.2, 0) is 4.74 Å². The van der Waals surface area contributed by atoms with Gasteiger partial charge in [0.2, 0.25) is 0 Å². The largest absolute Gasteiger partial charge is 0.461 e. The van der Waals surface area contributed by atoms with E-state index in [0.29, 0.717) is 16.9 Å². The molecule has 18 heavy (non-hydrogen) atoms. The number of esters is 1. The van der Waals surface area contributed by atoms with Crippen LogP contribution >= 0.6 is 15.9 Å². The van der Waals surface area contributed by atoms with E-state index in [2.05, 4.69) is 21.0 Å². The number of rotatable bonds is 3. The summed E-state index contributed by atoms with van der Waals surface area (Å²) in [6, 6.07) is 7.35. The zero-order valence-corrected chi connectivity index (χ0v) is 11.1. The number of nitrogens with zero attached hydrogens (tertiary/aromatic N) is 2. The van der Waals surface area contributed by atoms with Gasteiger partial charge in [0.15, 0.2) is 5.69 Å². The van der Waals surface area contributed by atoms with Crippen LogP contribution in [0.15, 0.2) is 34.9 Å². The van der Waals surface area contributed by atoms with Gasteiger partial charge < -0.3 is 4.74 Å². The van der Waals surface area contributed by atoms with Crippen LogP contribution in [-0.4, -0.2) is 22.4 Å². The zero-order chi connectivity index (χ0) is 13.1. The summed E-state index contributed by atoms with van der Waals surface area (Å²) in [7, 11) is 0. The van der Waals surface area contributed by atoms with E-state index >= 15 is 0 Å². The quantitative estimate of drug-likeness (QED) is 0.818. The molecule has 94 valence electrons. The fourth-order valence-corrected chi connectivity index (χ4v) is 1.93. The highest BCUT2D eigenvalue weighted by molar-refractivity contribution is 9.10. The Hall–Kier alpha value is -1.69. The highest BCUT2D eigenvalue weighted by Gasteiger charge is 2.14. The Labute approximate surface area is 111 Å². The number of hydrogen-bond donors (Lipinski definition) is 0. The molecule has 4 nitrogen and oxygen atoms in total. The van der Waals surface area contributed by atoms with E-state index in [1.54, 1.807) is 25.1 Å². The Morgan fingerprint density at radius 2 is 2.11 bits per heavy atom. The second-order valence-corrected chi connectivity index (χ2v) is 4.27. The first-order valence-corrected chi connectivity index (χ1v) is 6.09. The molecule has 0 atom stereocenters. The van der Waals surface area contributed by atoms with E-state index in [0.717, 1.165) is 0 Å². The maximum Gasteiger partial charge on any atom is 0.358 e. The fraction of sp³-hybridized carbons (Fsp3) is 0.167. The average Bonchev–Trinajstić information content (AvgIpc) is 2.73. The van der Waals surface area contributed by atoms with Crippen LogP contribution in [0.4, 0.5) is 4.39 Å². The SMILES string of the molecule is CCOC(=O)c1cc(Br)n(-c2ccc(F)cc2)n1. The molecule has 0 saturated carbocycles.